The minimum absolute atomic E-state index is 0.00702. The van der Waals surface area contributed by atoms with E-state index in [0.29, 0.717) is 6.61 Å². The van der Waals surface area contributed by atoms with Crippen molar-refractivity contribution < 1.29 is 14.6 Å². The first-order chi connectivity index (χ1) is 15.0. The number of hydrogen-bond donors (Lipinski definition) is 2. The molecule has 1 saturated carbocycles. The Morgan fingerprint density at radius 1 is 1.19 bits per heavy atom. The molecule has 0 aromatic heterocycles. The molecule has 2 aromatic rings. The lowest BCUT2D eigenvalue weighted by Gasteiger charge is -2.57. The molecule has 166 valence electrons. The number of hydrogen-bond acceptors (Lipinski definition) is 5. The molecule has 4 rings (SSSR count). The second-order valence-electron chi connectivity index (χ2n) is 8.54. The number of piperidine rings is 1. The highest BCUT2D eigenvalue weighted by Crippen LogP contribution is 2.51. The van der Waals surface area contributed by atoms with Crippen LogP contribution in [-0.4, -0.2) is 53.9 Å². The highest BCUT2D eigenvalue weighted by atomic mass is 32.2. The average molecular weight is 441 g/mol. The van der Waals surface area contributed by atoms with Gasteiger partial charge in [-0.15, -0.1) is 0 Å². The molecule has 1 spiro atoms. The number of rotatable bonds is 7. The number of nitrogens with one attached hydrogen (secondary N) is 1. The van der Waals surface area contributed by atoms with Gasteiger partial charge in [0.05, 0.1) is 23.9 Å². The Kier molecular flexibility index (Phi) is 7.02. The molecule has 2 N–H and O–H groups in total. The van der Waals surface area contributed by atoms with Gasteiger partial charge in [-0.25, -0.2) is 0 Å². The number of nitrogens with zero attached hydrogens (tertiary/aromatic N) is 1. The van der Waals surface area contributed by atoms with E-state index in [4.69, 9.17) is 4.74 Å². The summed E-state index contributed by atoms with van der Waals surface area (Å²) in [6.45, 7) is 6.26. The largest absolute Gasteiger partial charge is 0.392 e. The van der Waals surface area contributed by atoms with Crippen molar-refractivity contribution in [1.82, 2.24) is 4.90 Å². The van der Waals surface area contributed by atoms with E-state index < -0.39 is 0 Å². The van der Waals surface area contributed by atoms with Crippen molar-refractivity contribution in [1.29, 1.82) is 0 Å². The molecule has 0 bridgehead atoms. The van der Waals surface area contributed by atoms with Crippen LogP contribution in [0.15, 0.2) is 64.4 Å². The van der Waals surface area contributed by atoms with Crippen LogP contribution < -0.4 is 5.32 Å². The maximum atomic E-state index is 13.1. The molecule has 1 aliphatic heterocycles. The number of benzene rings is 2. The Balaban J connectivity index is 1.37. The second kappa shape index (κ2) is 9.74. The fourth-order valence-electron chi connectivity index (χ4n) is 4.82. The molecule has 2 fully saturated rings. The van der Waals surface area contributed by atoms with Gasteiger partial charge in [-0.05, 0) is 64.0 Å². The zero-order valence-electron chi connectivity index (χ0n) is 18.3. The van der Waals surface area contributed by atoms with Gasteiger partial charge < -0.3 is 15.2 Å². The summed E-state index contributed by atoms with van der Waals surface area (Å²) in [7, 11) is 0. The van der Waals surface area contributed by atoms with Crippen LogP contribution in [0.5, 0.6) is 0 Å². The van der Waals surface area contributed by atoms with Gasteiger partial charge in [0.25, 0.3) is 0 Å². The van der Waals surface area contributed by atoms with Gasteiger partial charge >= 0.3 is 0 Å². The van der Waals surface area contributed by atoms with Gasteiger partial charge in [-0.3, -0.25) is 9.69 Å². The van der Waals surface area contributed by atoms with Gasteiger partial charge in [-0.2, -0.15) is 0 Å². The fraction of sp³-hybridized carbons (Fsp3) is 0.480. The number of likely N-dealkylation sites (tertiary alicyclic amines) is 1. The number of aliphatic hydroxyl groups excluding tert-OH is 1. The van der Waals surface area contributed by atoms with Crippen LogP contribution in [0.25, 0.3) is 0 Å². The van der Waals surface area contributed by atoms with Crippen molar-refractivity contribution in [2.45, 2.75) is 61.2 Å². The first-order valence-corrected chi connectivity index (χ1v) is 12.0. The predicted molar refractivity (Wildman–Crippen MR) is 124 cm³/mol. The maximum absolute atomic E-state index is 13.1. The Labute approximate surface area is 189 Å². The number of ether oxygens (including phenoxy) is 1. The highest BCUT2D eigenvalue weighted by molar-refractivity contribution is 7.99. The molecule has 1 aliphatic carbocycles. The van der Waals surface area contributed by atoms with Crippen molar-refractivity contribution in [3.05, 3.63) is 54.6 Å². The van der Waals surface area contributed by atoms with Crippen LogP contribution in [0.1, 0.15) is 33.1 Å². The molecule has 3 atom stereocenters. The van der Waals surface area contributed by atoms with Gasteiger partial charge in [0.2, 0.25) is 5.91 Å². The smallest absolute Gasteiger partial charge is 0.241 e. The Hall–Kier alpha value is -1.86. The standard InChI is InChI=1S/C25H32N2O3S/c1-3-30-23-17-22(28)25(23)13-15-27(16-14-25)18(2)24(29)26-20-11-7-8-12-21(20)31-19-9-5-4-6-10-19/h4-12,18,22-23,28H,3,13-17H2,1-2H3,(H,26,29)/t18-,22+,23+/m0/s1. The summed E-state index contributed by atoms with van der Waals surface area (Å²) in [6.07, 6.45) is 2.35. The summed E-state index contributed by atoms with van der Waals surface area (Å²) in [5, 5.41) is 13.6. The molecule has 0 radical (unpaired) electrons. The summed E-state index contributed by atoms with van der Waals surface area (Å²) in [5.41, 5.74) is 0.717. The van der Waals surface area contributed by atoms with Crippen LogP contribution in [0, 0.1) is 5.41 Å². The Morgan fingerprint density at radius 2 is 1.87 bits per heavy atom. The lowest BCUT2D eigenvalue weighted by Crippen LogP contribution is -2.63. The van der Waals surface area contributed by atoms with Crippen LogP contribution in [0.2, 0.25) is 0 Å². The molecule has 1 amide bonds. The number of carbonyl (C=O) groups excluding carboxylic acids is 1. The third-order valence-electron chi connectivity index (χ3n) is 6.88. The third kappa shape index (κ3) is 4.67. The second-order valence-corrected chi connectivity index (χ2v) is 9.66. The maximum Gasteiger partial charge on any atom is 0.241 e. The first kappa shape index (κ1) is 22.3. The zero-order chi connectivity index (χ0) is 21.8. The zero-order valence-corrected chi connectivity index (χ0v) is 19.1. The summed E-state index contributed by atoms with van der Waals surface area (Å²) in [6, 6.07) is 17.9. The quantitative estimate of drug-likeness (QED) is 0.668. The van der Waals surface area contributed by atoms with Crippen LogP contribution in [0.3, 0.4) is 0 Å². The van der Waals surface area contributed by atoms with E-state index in [2.05, 4.69) is 22.3 Å². The summed E-state index contributed by atoms with van der Waals surface area (Å²) in [4.78, 5) is 17.5. The minimum atomic E-state index is -0.280. The molecular weight excluding hydrogens is 408 g/mol. The molecule has 1 saturated heterocycles. The van der Waals surface area contributed by atoms with Crippen molar-refractivity contribution >= 4 is 23.4 Å². The highest BCUT2D eigenvalue weighted by Gasteiger charge is 2.56. The average Bonchev–Trinajstić information content (AvgIpc) is 2.80. The van der Waals surface area contributed by atoms with Crippen molar-refractivity contribution in [3.63, 3.8) is 0 Å². The predicted octanol–water partition coefficient (Wildman–Crippen LogP) is 4.42. The molecule has 6 heteroatoms. The lowest BCUT2D eigenvalue weighted by atomic mass is 9.58. The fourth-order valence-corrected chi connectivity index (χ4v) is 5.74. The molecule has 1 heterocycles. The minimum Gasteiger partial charge on any atom is -0.392 e. The molecule has 5 nitrogen and oxygen atoms in total. The number of para-hydroxylation sites is 1. The summed E-state index contributed by atoms with van der Waals surface area (Å²) >= 11 is 1.65. The molecule has 2 aromatic carbocycles. The van der Waals surface area contributed by atoms with Gasteiger partial charge in [0.15, 0.2) is 0 Å². The molecular formula is C25H32N2O3S. The summed E-state index contributed by atoms with van der Waals surface area (Å²) in [5.74, 6) is 0.00702. The SMILES string of the molecule is CCO[C@@H]1C[C@@H](O)C12CCN([C@@H](C)C(=O)Nc1ccccc1Sc1ccccc1)CC2. The van der Waals surface area contributed by atoms with E-state index in [1.807, 2.05) is 56.3 Å². The number of anilines is 1. The van der Waals surface area contributed by atoms with Crippen molar-refractivity contribution in [3.8, 4) is 0 Å². The first-order valence-electron chi connectivity index (χ1n) is 11.2. The van der Waals surface area contributed by atoms with E-state index in [1.165, 1.54) is 0 Å². The normalized spacial score (nSPS) is 23.8. The topological polar surface area (TPSA) is 61.8 Å². The Morgan fingerprint density at radius 3 is 2.55 bits per heavy atom. The summed E-state index contributed by atoms with van der Waals surface area (Å²) < 4.78 is 5.87. The van der Waals surface area contributed by atoms with Gasteiger partial charge in [-0.1, -0.05) is 42.1 Å². The van der Waals surface area contributed by atoms with E-state index in [1.54, 1.807) is 11.8 Å². The molecule has 0 unspecified atom stereocenters. The molecule has 31 heavy (non-hydrogen) atoms. The van der Waals surface area contributed by atoms with Gasteiger partial charge in [0, 0.05) is 28.2 Å². The molecule has 2 aliphatic rings. The number of aliphatic hydroxyl groups is 1. The van der Waals surface area contributed by atoms with E-state index in [-0.39, 0.29) is 29.6 Å². The van der Waals surface area contributed by atoms with Crippen molar-refractivity contribution in [2.24, 2.45) is 5.41 Å². The van der Waals surface area contributed by atoms with Crippen LogP contribution in [-0.2, 0) is 9.53 Å². The van der Waals surface area contributed by atoms with E-state index in [0.717, 1.165) is 47.8 Å². The lowest BCUT2D eigenvalue weighted by molar-refractivity contribution is -0.210. The Bertz CT molecular complexity index is 881. The van der Waals surface area contributed by atoms with Crippen LogP contribution >= 0.6 is 11.8 Å². The van der Waals surface area contributed by atoms with E-state index in [9.17, 15) is 9.90 Å². The number of carbonyl (C=O) groups is 1. The van der Waals surface area contributed by atoms with E-state index >= 15 is 0 Å². The number of amides is 1. The van der Waals surface area contributed by atoms with Gasteiger partial charge in [0.1, 0.15) is 0 Å². The monoisotopic (exact) mass is 440 g/mol. The van der Waals surface area contributed by atoms with Crippen molar-refractivity contribution in [2.75, 3.05) is 25.0 Å². The van der Waals surface area contributed by atoms with Crippen LogP contribution in [0.4, 0.5) is 5.69 Å². The third-order valence-corrected chi connectivity index (χ3v) is 7.97.